The Morgan fingerprint density at radius 2 is 1.62 bits per heavy atom. The minimum absolute atomic E-state index is 0. The number of hydrogen-bond donors (Lipinski definition) is 1. The van der Waals surface area contributed by atoms with Gasteiger partial charge in [-0.05, 0) is 62.0 Å². The molecule has 0 unspecified atom stereocenters. The molecule has 42 heavy (non-hydrogen) atoms. The van der Waals surface area contributed by atoms with Crippen molar-refractivity contribution >= 4 is 61.3 Å². The molecule has 1 atom stereocenters. The highest BCUT2D eigenvalue weighted by molar-refractivity contribution is 5.86. The van der Waals surface area contributed by atoms with Crippen LogP contribution in [0.5, 0.6) is 0 Å². The predicted molar refractivity (Wildman–Crippen MR) is 177 cm³/mol. The van der Waals surface area contributed by atoms with E-state index < -0.39 is 5.82 Å². The van der Waals surface area contributed by atoms with E-state index in [1.54, 1.807) is 17.7 Å². The van der Waals surface area contributed by atoms with Gasteiger partial charge in [-0.2, -0.15) is 0 Å². The number of anilines is 2. The fraction of sp³-hybridized carbons (Fsp3) is 0.483. The van der Waals surface area contributed by atoms with Gasteiger partial charge < -0.3 is 20.0 Å². The first-order valence-corrected chi connectivity index (χ1v) is 13.6. The van der Waals surface area contributed by atoms with Crippen LogP contribution in [0.2, 0.25) is 0 Å². The fourth-order valence-corrected chi connectivity index (χ4v) is 6.41. The first kappa shape index (κ1) is 36.1. The summed E-state index contributed by atoms with van der Waals surface area (Å²) >= 11 is 0. The molecule has 1 spiro atoms. The second kappa shape index (κ2) is 15.0. The van der Waals surface area contributed by atoms with E-state index in [1.807, 2.05) is 0 Å². The Morgan fingerprint density at radius 3 is 2.26 bits per heavy atom. The van der Waals surface area contributed by atoms with Crippen LogP contribution in [0.25, 0.3) is 11.3 Å². The van der Waals surface area contributed by atoms with Crippen molar-refractivity contribution in [3.8, 4) is 11.3 Å². The standard InChI is InChI=1S/C29H36FN7O.4ClH/c1-34-13-8-29(20-34)9-14-36(15-10-29)22-5-3-21(4-6-22)26-19-37(16-12-32-26)28-33-25(17-27(38)35(28)2)23-7-11-31-18-24(23)30;;;;/h3-7,11,17-18,26,32H,8-10,12-16,19-20H2,1-2H3;4*1H/t26-;;;;/m1..../s1. The highest BCUT2D eigenvalue weighted by Crippen LogP contribution is 2.40. The van der Waals surface area contributed by atoms with Crippen molar-refractivity contribution in [3.05, 3.63) is 70.5 Å². The molecule has 5 heterocycles. The molecule has 1 N–H and O–H groups in total. The summed E-state index contributed by atoms with van der Waals surface area (Å²) in [5, 5.41) is 3.62. The van der Waals surface area contributed by atoms with Crippen LogP contribution in [0.3, 0.4) is 0 Å². The minimum atomic E-state index is -0.489. The van der Waals surface area contributed by atoms with Crippen LogP contribution in [0.4, 0.5) is 16.0 Å². The Balaban J connectivity index is 0.00000154. The van der Waals surface area contributed by atoms with Crippen molar-refractivity contribution in [1.82, 2.24) is 24.8 Å². The van der Waals surface area contributed by atoms with Gasteiger partial charge >= 0.3 is 0 Å². The van der Waals surface area contributed by atoms with Crippen LogP contribution >= 0.6 is 49.6 Å². The van der Waals surface area contributed by atoms with Crippen molar-refractivity contribution in [3.63, 3.8) is 0 Å². The Kier molecular flexibility index (Phi) is 12.9. The number of rotatable bonds is 4. The van der Waals surface area contributed by atoms with Gasteiger partial charge in [-0.3, -0.25) is 14.3 Å². The average molecular weight is 663 g/mol. The molecule has 232 valence electrons. The van der Waals surface area contributed by atoms with Crippen molar-refractivity contribution in [2.24, 2.45) is 12.5 Å². The third kappa shape index (κ3) is 7.31. The van der Waals surface area contributed by atoms with Crippen molar-refractivity contribution in [2.75, 3.05) is 62.7 Å². The number of piperazine rings is 1. The van der Waals surface area contributed by atoms with Crippen LogP contribution in [0.15, 0.2) is 53.6 Å². The van der Waals surface area contributed by atoms with Gasteiger partial charge in [-0.25, -0.2) is 9.37 Å². The number of hydrogen-bond acceptors (Lipinski definition) is 7. The number of halogens is 5. The second-order valence-electron chi connectivity index (χ2n) is 11.2. The van der Waals surface area contributed by atoms with Crippen molar-refractivity contribution in [2.45, 2.75) is 25.3 Å². The van der Waals surface area contributed by atoms with Gasteiger partial charge in [0.05, 0.1) is 11.9 Å². The number of likely N-dealkylation sites (tertiary alicyclic amines) is 1. The molecule has 3 aliphatic rings. The number of piperidine rings is 1. The van der Waals surface area contributed by atoms with Crippen molar-refractivity contribution in [1.29, 1.82) is 0 Å². The lowest BCUT2D eigenvalue weighted by atomic mass is 9.77. The Labute approximate surface area is 271 Å². The summed E-state index contributed by atoms with van der Waals surface area (Å²) in [6.07, 6.45) is 6.53. The smallest absolute Gasteiger partial charge is 0.255 e. The molecule has 6 rings (SSSR count). The minimum Gasteiger partial charge on any atom is -0.371 e. The van der Waals surface area contributed by atoms with Crippen LogP contribution in [0.1, 0.15) is 30.9 Å². The van der Waals surface area contributed by atoms with Gasteiger partial charge in [0.2, 0.25) is 5.95 Å². The SMILES string of the molecule is CN1CCC2(CCN(c3ccc([C@H]4CN(c5nc(-c6ccncc6F)cc(=O)n5C)CCN4)cc3)CC2)C1.Cl.Cl.Cl.Cl. The maximum Gasteiger partial charge on any atom is 0.255 e. The summed E-state index contributed by atoms with van der Waals surface area (Å²) in [4.78, 5) is 28.4. The normalized spacial score (nSPS) is 19.7. The van der Waals surface area contributed by atoms with Gasteiger partial charge in [0.25, 0.3) is 5.56 Å². The predicted octanol–water partition coefficient (Wildman–Crippen LogP) is 4.74. The molecule has 0 radical (unpaired) electrons. The molecule has 8 nitrogen and oxygen atoms in total. The number of pyridine rings is 1. The highest BCUT2D eigenvalue weighted by Gasteiger charge is 2.39. The molecule has 3 aliphatic heterocycles. The Morgan fingerprint density at radius 1 is 0.929 bits per heavy atom. The molecule has 0 aliphatic carbocycles. The lowest BCUT2D eigenvalue weighted by Crippen LogP contribution is -2.47. The van der Waals surface area contributed by atoms with E-state index in [-0.39, 0.29) is 66.8 Å². The number of benzene rings is 1. The molecule has 0 saturated carbocycles. The van der Waals surface area contributed by atoms with Crippen molar-refractivity contribution < 1.29 is 4.39 Å². The highest BCUT2D eigenvalue weighted by atomic mass is 35.5. The molecule has 0 bridgehead atoms. The third-order valence-corrected chi connectivity index (χ3v) is 8.73. The Bertz CT molecular complexity index is 1370. The van der Waals surface area contributed by atoms with E-state index in [0.29, 0.717) is 30.1 Å². The summed E-state index contributed by atoms with van der Waals surface area (Å²) in [6.45, 7) is 6.86. The van der Waals surface area contributed by atoms with E-state index in [9.17, 15) is 9.18 Å². The average Bonchev–Trinajstić information content (AvgIpc) is 3.30. The van der Waals surface area contributed by atoms with Crippen LogP contribution in [-0.2, 0) is 7.05 Å². The number of nitrogens with one attached hydrogen (secondary N) is 1. The zero-order chi connectivity index (χ0) is 26.3. The maximum absolute atomic E-state index is 14.4. The van der Waals surface area contributed by atoms with E-state index in [2.05, 4.69) is 56.3 Å². The van der Waals surface area contributed by atoms with E-state index in [4.69, 9.17) is 4.98 Å². The van der Waals surface area contributed by atoms with Gasteiger partial charge in [0, 0.05) is 75.9 Å². The molecule has 2 aromatic heterocycles. The molecular formula is C29H40Cl4FN7O. The van der Waals surface area contributed by atoms with Gasteiger partial charge in [-0.15, -0.1) is 49.6 Å². The number of aromatic nitrogens is 3. The molecule has 0 amide bonds. The van der Waals surface area contributed by atoms with E-state index >= 15 is 0 Å². The fourth-order valence-electron chi connectivity index (χ4n) is 6.41. The summed E-state index contributed by atoms with van der Waals surface area (Å²) in [7, 11) is 3.96. The van der Waals surface area contributed by atoms with Crippen LogP contribution in [0, 0.1) is 11.2 Å². The van der Waals surface area contributed by atoms with Crippen LogP contribution < -0.4 is 20.7 Å². The zero-order valence-corrected chi connectivity index (χ0v) is 27.1. The van der Waals surface area contributed by atoms with Crippen LogP contribution in [-0.4, -0.2) is 72.3 Å². The van der Waals surface area contributed by atoms with Gasteiger partial charge in [0.1, 0.15) is 0 Å². The molecular weight excluding hydrogens is 623 g/mol. The van der Waals surface area contributed by atoms with Gasteiger partial charge in [-0.1, -0.05) is 12.1 Å². The first-order valence-electron chi connectivity index (χ1n) is 13.6. The third-order valence-electron chi connectivity index (χ3n) is 8.73. The summed E-state index contributed by atoms with van der Waals surface area (Å²) < 4.78 is 15.9. The van der Waals surface area contributed by atoms with E-state index in [0.717, 1.165) is 25.8 Å². The maximum atomic E-state index is 14.4. The number of nitrogens with zero attached hydrogens (tertiary/aromatic N) is 6. The Hall–Kier alpha value is -2.14. The van der Waals surface area contributed by atoms with Gasteiger partial charge in [0.15, 0.2) is 5.82 Å². The summed E-state index contributed by atoms with van der Waals surface area (Å²) in [5.41, 5.74) is 3.42. The second-order valence-corrected chi connectivity index (χ2v) is 11.2. The first-order chi connectivity index (χ1) is 18.4. The molecule has 13 heteroatoms. The lowest BCUT2D eigenvalue weighted by Gasteiger charge is -2.40. The monoisotopic (exact) mass is 661 g/mol. The van der Waals surface area contributed by atoms with E-state index in [1.165, 1.54) is 55.9 Å². The molecule has 3 aromatic rings. The lowest BCUT2D eigenvalue weighted by molar-refractivity contribution is 0.222. The molecule has 1 aromatic carbocycles. The quantitative estimate of drug-likeness (QED) is 0.433. The largest absolute Gasteiger partial charge is 0.371 e. The zero-order valence-electron chi connectivity index (χ0n) is 23.9. The topological polar surface area (TPSA) is 69.5 Å². The molecule has 3 saturated heterocycles. The summed E-state index contributed by atoms with van der Waals surface area (Å²) in [6, 6.07) is 12.0. The molecule has 3 fully saturated rings. The summed E-state index contributed by atoms with van der Waals surface area (Å²) in [5.74, 6) is 0.0589.